The number of nitrogens with one attached hydrogen (secondary N) is 1. The Hall–Kier alpha value is -2.25. The molecule has 1 spiro atoms. The number of hydrogen-bond donors (Lipinski definition) is 1. The number of amides is 1. The number of ketones is 1. The Morgan fingerprint density at radius 1 is 1.25 bits per heavy atom. The summed E-state index contributed by atoms with van der Waals surface area (Å²) in [5.74, 6) is 0.148. The molecule has 0 bridgehead atoms. The monoisotopic (exact) mass is 470 g/mol. The molecule has 6 nitrogen and oxygen atoms in total. The number of carbonyl (C=O) groups is 2. The number of H-pyrrole nitrogens is 1. The summed E-state index contributed by atoms with van der Waals surface area (Å²) < 4.78 is 0. The van der Waals surface area contributed by atoms with Crippen molar-refractivity contribution in [2.75, 3.05) is 13.1 Å². The van der Waals surface area contributed by atoms with Crippen LogP contribution in [0.5, 0.6) is 0 Å². The fourth-order valence-electron chi connectivity index (χ4n) is 4.94. The van der Waals surface area contributed by atoms with Gasteiger partial charge in [-0.1, -0.05) is 32.4 Å². The van der Waals surface area contributed by atoms with Gasteiger partial charge in [0.15, 0.2) is 5.78 Å². The molecule has 168 valence electrons. The number of likely N-dealkylation sites (tertiary alicyclic amines) is 1. The Bertz CT molecular complexity index is 1240. The number of nitrogens with zero attached hydrogens (tertiary/aromatic N) is 3. The Morgan fingerprint density at radius 3 is 2.66 bits per heavy atom. The lowest BCUT2D eigenvalue weighted by Gasteiger charge is -2.43. The van der Waals surface area contributed by atoms with Crippen molar-refractivity contribution < 1.29 is 9.59 Å². The molecule has 8 heteroatoms. The summed E-state index contributed by atoms with van der Waals surface area (Å²) in [6, 6.07) is 1.84. The number of thiazole rings is 1. The standard InChI is InChI=1S/C24H27ClN4O2S/c1-13-9-14(19-15(18(13)25)12-26-28-19)21(31)29-7-5-24(6-8-29)10-16(30)20-17(11-24)32-22(27-20)23(2,3)4/h9,12H,5-8,10-11H2,1-4H3,(H,26,28). The van der Waals surface area contributed by atoms with Gasteiger partial charge in [0.05, 0.1) is 27.3 Å². The molecule has 3 heterocycles. The molecule has 0 saturated carbocycles. The van der Waals surface area contributed by atoms with Gasteiger partial charge >= 0.3 is 0 Å². The number of aromatic nitrogens is 3. The van der Waals surface area contributed by atoms with Gasteiger partial charge in [-0.3, -0.25) is 14.7 Å². The molecule has 32 heavy (non-hydrogen) atoms. The lowest BCUT2D eigenvalue weighted by Crippen LogP contribution is -2.46. The van der Waals surface area contributed by atoms with Crippen LogP contribution in [0.3, 0.4) is 0 Å². The van der Waals surface area contributed by atoms with Crippen LogP contribution in [-0.4, -0.2) is 44.9 Å². The maximum atomic E-state index is 13.4. The zero-order valence-electron chi connectivity index (χ0n) is 18.8. The van der Waals surface area contributed by atoms with Gasteiger partial charge in [-0.25, -0.2) is 4.98 Å². The second kappa shape index (κ2) is 7.39. The molecule has 1 saturated heterocycles. The molecule has 1 aliphatic heterocycles. The van der Waals surface area contributed by atoms with Gasteiger partial charge in [-0.15, -0.1) is 11.3 Å². The fraction of sp³-hybridized carbons (Fsp3) is 0.500. The van der Waals surface area contributed by atoms with Crippen LogP contribution in [-0.2, 0) is 11.8 Å². The Labute approximate surface area is 196 Å². The van der Waals surface area contributed by atoms with E-state index in [1.54, 1.807) is 17.5 Å². The van der Waals surface area contributed by atoms with Crippen molar-refractivity contribution >= 4 is 45.5 Å². The van der Waals surface area contributed by atoms with E-state index in [1.165, 1.54) is 0 Å². The maximum absolute atomic E-state index is 13.4. The zero-order valence-corrected chi connectivity index (χ0v) is 20.4. The van der Waals surface area contributed by atoms with Gasteiger partial charge in [0.2, 0.25) is 0 Å². The van der Waals surface area contributed by atoms with Gasteiger partial charge in [-0.2, -0.15) is 5.10 Å². The van der Waals surface area contributed by atoms with Crippen LogP contribution in [0.4, 0.5) is 0 Å². The van der Waals surface area contributed by atoms with Crippen molar-refractivity contribution in [1.29, 1.82) is 0 Å². The summed E-state index contributed by atoms with van der Waals surface area (Å²) in [4.78, 5) is 34.1. The smallest absolute Gasteiger partial charge is 0.256 e. The average molecular weight is 471 g/mol. The maximum Gasteiger partial charge on any atom is 0.256 e. The highest BCUT2D eigenvalue weighted by Crippen LogP contribution is 2.46. The number of fused-ring (bicyclic) bond motifs is 2. The largest absolute Gasteiger partial charge is 0.339 e. The number of Topliss-reactive ketones (excluding diaryl/α,β-unsaturated/α-hetero) is 1. The van der Waals surface area contributed by atoms with Crippen molar-refractivity contribution in [3.8, 4) is 0 Å². The van der Waals surface area contributed by atoms with E-state index < -0.39 is 0 Å². The van der Waals surface area contributed by atoms with Gasteiger partial charge < -0.3 is 4.90 Å². The number of carbonyl (C=O) groups excluding carboxylic acids is 2. The Balaban J connectivity index is 1.36. The first-order chi connectivity index (χ1) is 15.1. The third-order valence-corrected chi connectivity index (χ3v) is 8.85. The number of rotatable bonds is 1. The van der Waals surface area contributed by atoms with Crippen LogP contribution in [0.25, 0.3) is 10.9 Å². The number of benzene rings is 1. The van der Waals surface area contributed by atoms with E-state index in [9.17, 15) is 9.59 Å². The molecule has 1 fully saturated rings. The van der Waals surface area contributed by atoms with Crippen molar-refractivity contribution in [3.05, 3.63) is 44.0 Å². The normalized spacial score (nSPS) is 18.4. The topological polar surface area (TPSA) is 79.0 Å². The number of aromatic amines is 1. The van der Waals surface area contributed by atoms with Crippen LogP contribution in [0.15, 0.2) is 12.3 Å². The predicted molar refractivity (Wildman–Crippen MR) is 127 cm³/mol. The van der Waals surface area contributed by atoms with E-state index >= 15 is 0 Å². The third kappa shape index (κ3) is 3.46. The minimum atomic E-state index is -0.0677. The average Bonchev–Trinajstić information content (AvgIpc) is 3.38. The summed E-state index contributed by atoms with van der Waals surface area (Å²) in [5, 5.41) is 9.44. The lowest BCUT2D eigenvalue weighted by molar-refractivity contribution is 0.0523. The van der Waals surface area contributed by atoms with Crippen LogP contribution in [0.1, 0.15) is 76.3 Å². The minimum absolute atomic E-state index is 0.00972. The van der Waals surface area contributed by atoms with Gasteiger partial charge in [0.1, 0.15) is 5.69 Å². The quantitative estimate of drug-likeness (QED) is 0.521. The number of hydrogen-bond acceptors (Lipinski definition) is 5. The fourth-order valence-corrected chi connectivity index (χ4v) is 6.45. The zero-order chi connectivity index (χ0) is 22.8. The van der Waals surface area contributed by atoms with Crippen molar-refractivity contribution in [1.82, 2.24) is 20.1 Å². The molecule has 1 amide bonds. The predicted octanol–water partition coefficient (Wildman–Crippen LogP) is 5.33. The van der Waals surface area contributed by atoms with E-state index in [-0.39, 0.29) is 22.5 Å². The molecular weight excluding hydrogens is 444 g/mol. The van der Waals surface area contributed by atoms with Crippen LogP contribution in [0, 0.1) is 12.3 Å². The van der Waals surface area contributed by atoms with Crippen molar-refractivity contribution in [2.45, 2.75) is 58.8 Å². The Kier molecular flexibility index (Phi) is 4.98. The van der Waals surface area contributed by atoms with E-state index in [1.807, 2.05) is 17.9 Å². The molecule has 0 atom stereocenters. The minimum Gasteiger partial charge on any atom is -0.339 e. The SMILES string of the molecule is Cc1cc(C(=O)N2CCC3(CC2)CC(=O)c2nc(C(C)(C)C)sc2C3)c2[nH]ncc2c1Cl. The number of piperidine rings is 1. The molecule has 5 rings (SSSR count). The first-order valence-corrected chi connectivity index (χ1v) is 12.2. The molecular formula is C24H27ClN4O2S. The number of aryl methyl sites for hydroxylation is 1. The summed E-state index contributed by atoms with van der Waals surface area (Å²) >= 11 is 8.08. The van der Waals surface area contributed by atoms with Gasteiger partial charge in [0, 0.05) is 35.2 Å². The van der Waals surface area contributed by atoms with Crippen LogP contribution in [0.2, 0.25) is 5.02 Å². The summed E-state index contributed by atoms with van der Waals surface area (Å²) in [5.41, 5.74) is 2.71. The molecule has 3 aromatic rings. The molecule has 1 N–H and O–H groups in total. The summed E-state index contributed by atoms with van der Waals surface area (Å²) in [6.45, 7) is 9.60. The lowest BCUT2D eigenvalue weighted by atomic mass is 9.68. The van der Waals surface area contributed by atoms with E-state index in [0.717, 1.165) is 40.1 Å². The highest BCUT2D eigenvalue weighted by atomic mass is 35.5. The molecule has 0 radical (unpaired) electrons. The van der Waals surface area contributed by atoms with Crippen molar-refractivity contribution in [2.24, 2.45) is 5.41 Å². The van der Waals surface area contributed by atoms with Crippen LogP contribution >= 0.6 is 22.9 Å². The number of halogens is 1. The Morgan fingerprint density at radius 2 is 1.97 bits per heavy atom. The van der Waals surface area contributed by atoms with E-state index in [0.29, 0.717) is 41.3 Å². The van der Waals surface area contributed by atoms with E-state index in [2.05, 4.69) is 36.0 Å². The van der Waals surface area contributed by atoms with E-state index in [4.69, 9.17) is 11.6 Å². The second-order valence-electron chi connectivity index (χ2n) is 10.3. The highest BCUT2D eigenvalue weighted by Gasteiger charge is 2.44. The van der Waals surface area contributed by atoms with Gasteiger partial charge in [0.25, 0.3) is 5.91 Å². The summed E-state index contributed by atoms with van der Waals surface area (Å²) in [7, 11) is 0. The molecule has 0 unspecified atom stereocenters. The first-order valence-electron chi connectivity index (χ1n) is 11.0. The van der Waals surface area contributed by atoms with Crippen LogP contribution < -0.4 is 0 Å². The first kappa shape index (κ1) is 21.6. The molecule has 2 aliphatic rings. The van der Waals surface area contributed by atoms with Crippen molar-refractivity contribution in [3.63, 3.8) is 0 Å². The van der Waals surface area contributed by atoms with Gasteiger partial charge in [-0.05, 0) is 43.2 Å². The second-order valence-corrected chi connectivity index (χ2v) is 11.8. The molecule has 2 aromatic heterocycles. The summed E-state index contributed by atoms with van der Waals surface area (Å²) in [6.07, 6.45) is 4.73. The molecule has 1 aliphatic carbocycles. The third-order valence-electron chi connectivity index (χ3n) is 6.87. The molecule has 1 aromatic carbocycles. The highest BCUT2D eigenvalue weighted by molar-refractivity contribution is 7.12.